The zero-order chi connectivity index (χ0) is 26.1. The number of amides is 1. The highest BCUT2D eigenvalue weighted by Crippen LogP contribution is 2.42. The molecule has 8 heteroatoms. The van der Waals surface area contributed by atoms with Crippen LogP contribution in [-0.4, -0.2) is 52.3 Å². The van der Waals surface area contributed by atoms with Crippen LogP contribution in [0.2, 0.25) is 5.02 Å². The van der Waals surface area contributed by atoms with E-state index in [1.54, 1.807) is 17.0 Å². The lowest BCUT2D eigenvalue weighted by molar-refractivity contribution is -0.126. The Morgan fingerprint density at radius 2 is 1.78 bits per heavy atom. The fourth-order valence-electron chi connectivity index (χ4n) is 4.87. The topological polar surface area (TPSA) is 69.6 Å². The molecule has 5 rings (SSSR count). The van der Waals surface area contributed by atoms with Crippen LogP contribution in [0.1, 0.15) is 24.1 Å². The molecule has 3 aromatic carbocycles. The highest BCUT2D eigenvalue weighted by molar-refractivity contribution is 6.34. The van der Waals surface area contributed by atoms with Crippen LogP contribution in [0.4, 0.5) is 10.2 Å². The molecule has 1 aliphatic rings. The second kappa shape index (κ2) is 10.2. The van der Waals surface area contributed by atoms with Gasteiger partial charge in [-0.1, -0.05) is 61.5 Å². The SMILES string of the molecule is C=CC(=O)N1CCN(c2nnc([C@@H](C)c3ccccc3)c3cc(-c4c(O)cccc4F)c(Cl)cc23)CC1. The van der Waals surface area contributed by atoms with E-state index in [1.165, 1.54) is 24.3 Å². The zero-order valence-electron chi connectivity index (χ0n) is 20.4. The predicted octanol–water partition coefficient (Wildman–Crippen LogP) is 5.78. The van der Waals surface area contributed by atoms with Gasteiger partial charge in [-0.15, -0.1) is 5.10 Å². The Kier molecular flexibility index (Phi) is 6.80. The monoisotopic (exact) mass is 516 g/mol. The van der Waals surface area contributed by atoms with Crippen LogP contribution < -0.4 is 4.90 Å². The molecule has 1 aromatic heterocycles. The molecule has 1 saturated heterocycles. The van der Waals surface area contributed by atoms with E-state index in [0.29, 0.717) is 42.6 Å². The van der Waals surface area contributed by atoms with Gasteiger partial charge in [0.1, 0.15) is 11.6 Å². The van der Waals surface area contributed by atoms with Gasteiger partial charge < -0.3 is 14.9 Å². The number of hydrogen-bond donors (Lipinski definition) is 1. The first-order chi connectivity index (χ1) is 17.9. The normalized spacial score (nSPS) is 14.6. The van der Waals surface area contributed by atoms with Crippen LogP contribution in [-0.2, 0) is 4.79 Å². The van der Waals surface area contributed by atoms with Gasteiger partial charge in [0.25, 0.3) is 0 Å². The number of aromatic hydroxyl groups is 1. The Balaban J connectivity index is 1.67. The summed E-state index contributed by atoms with van der Waals surface area (Å²) in [5.41, 5.74) is 2.21. The lowest BCUT2D eigenvalue weighted by Crippen LogP contribution is -2.48. The van der Waals surface area contributed by atoms with Crippen molar-refractivity contribution in [2.45, 2.75) is 12.8 Å². The van der Waals surface area contributed by atoms with E-state index < -0.39 is 5.82 Å². The molecule has 0 unspecified atom stereocenters. The van der Waals surface area contributed by atoms with E-state index >= 15 is 0 Å². The molecule has 188 valence electrons. The highest BCUT2D eigenvalue weighted by Gasteiger charge is 2.26. The van der Waals surface area contributed by atoms with Crippen molar-refractivity contribution in [3.8, 4) is 16.9 Å². The first kappa shape index (κ1) is 24.7. The third kappa shape index (κ3) is 4.62. The molecule has 1 amide bonds. The van der Waals surface area contributed by atoms with E-state index in [2.05, 4.69) is 21.7 Å². The summed E-state index contributed by atoms with van der Waals surface area (Å²) in [6.45, 7) is 7.84. The van der Waals surface area contributed by atoms with Gasteiger partial charge >= 0.3 is 0 Å². The molecule has 1 aliphatic heterocycles. The number of carbonyl (C=O) groups excluding carboxylic acids is 1. The Hall–Kier alpha value is -3.97. The molecular weight excluding hydrogens is 491 g/mol. The molecule has 6 nitrogen and oxygen atoms in total. The van der Waals surface area contributed by atoms with Gasteiger partial charge in [0, 0.05) is 53.5 Å². The Bertz CT molecular complexity index is 1470. The van der Waals surface area contributed by atoms with Crippen molar-refractivity contribution < 1.29 is 14.3 Å². The highest BCUT2D eigenvalue weighted by atomic mass is 35.5. The van der Waals surface area contributed by atoms with Crippen molar-refractivity contribution in [2.75, 3.05) is 31.1 Å². The van der Waals surface area contributed by atoms with Crippen LogP contribution in [0.3, 0.4) is 0 Å². The number of aromatic nitrogens is 2. The van der Waals surface area contributed by atoms with Crippen molar-refractivity contribution in [1.29, 1.82) is 0 Å². The Morgan fingerprint density at radius 1 is 1.05 bits per heavy atom. The number of anilines is 1. The van der Waals surface area contributed by atoms with Gasteiger partial charge in [0.05, 0.1) is 11.3 Å². The van der Waals surface area contributed by atoms with Crippen LogP contribution in [0, 0.1) is 5.82 Å². The van der Waals surface area contributed by atoms with Gasteiger partial charge in [-0.25, -0.2) is 4.39 Å². The van der Waals surface area contributed by atoms with Gasteiger partial charge in [0.15, 0.2) is 5.82 Å². The number of phenols is 1. The Morgan fingerprint density at radius 3 is 2.46 bits per heavy atom. The average Bonchev–Trinajstić information content (AvgIpc) is 2.92. The lowest BCUT2D eigenvalue weighted by atomic mass is 9.92. The summed E-state index contributed by atoms with van der Waals surface area (Å²) in [4.78, 5) is 15.9. The minimum Gasteiger partial charge on any atom is -0.507 e. The zero-order valence-corrected chi connectivity index (χ0v) is 21.1. The largest absolute Gasteiger partial charge is 0.507 e. The molecule has 0 spiro atoms. The van der Waals surface area contributed by atoms with E-state index in [0.717, 1.165) is 22.0 Å². The number of benzene rings is 3. The third-order valence-electron chi connectivity index (χ3n) is 6.91. The van der Waals surface area contributed by atoms with E-state index in [4.69, 9.17) is 11.6 Å². The summed E-state index contributed by atoms with van der Waals surface area (Å²) >= 11 is 6.72. The standard InChI is InChI=1S/C29H26ClFN4O2/c1-3-26(37)34-12-14-35(15-13-34)29-21-17-23(30)22(27-24(31)10-7-11-25(27)36)16-20(21)28(32-33-29)18(2)19-8-5-4-6-9-19/h3-11,16-18,36H,1,12-15H2,2H3/t18-/m0/s1. The summed E-state index contributed by atoms with van der Waals surface area (Å²) in [7, 11) is 0. The van der Waals surface area contributed by atoms with Crippen molar-refractivity contribution in [1.82, 2.24) is 15.1 Å². The smallest absolute Gasteiger partial charge is 0.246 e. The minimum atomic E-state index is -0.566. The van der Waals surface area contributed by atoms with Gasteiger partial charge in [-0.2, -0.15) is 5.10 Å². The molecule has 0 saturated carbocycles. The maximum absolute atomic E-state index is 14.8. The first-order valence-corrected chi connectivity index (χ1v) is 12.5. The number of nitrogens with zero attached hydrogens (tertiary/aromatic N) is 4. The maximum Gasteiger partial charge on any atom is 0.246 e. The molecule has 1 atom stereocenters. The number of rotatable bonds is 5. The Labute approximate surface area is 219 Å². The number of phenolic OH excluding ortho intramolecular Hbond substituents is 1. The molecular formula is C29H26ClFN4O2. The summed E-state index contributed by atoms with van der Waals surface area (Å²) < 4.78 is 14.8. The fraction of sp³-hybridized carbons (Fsp3) is 0.207. The molecule has 37 heavy (non-hydrogen) atoms. The number of carbonyl (C=O) groups is 1. The molecule has 0 radical (unpaired) electrons. The molecule has 1 fully saturated rings. The summed E-state index contributed by atoms with van der Waals surface area (Å²) in [6.07, 6.45) is 1.32. The van der Waals surface area contributed by atoms with Crippen molar-refractivity contribution in [2.24, 2.45) is 0 Å². The minimum absolute atomic E-state index is 0.0441. The van der Waals surface area contributed by atoms with Crippen molar-refractivity contribution in [3.63, 3.8) is 0 Å². The number of fused-ring (bicyclic) bond motifs is 1. The third-order valence-corrected chi connectivity index (χ3v) is 7.23. The molecule has 0 aliphatic carbocycles. The van der Waals surface area contributed by atoms with Crippen molar-refractivity contribution >= 4 is 34.1 Å². The van der Waals surface area contributed by atoms with Crippen LogP contribution in [0.15, 0.2) is 73.3 Å². The van der Waals surface area contributed by atoms with Crippen molar-refractivity contribution in [3.05, 3.63) is 95.4 Å². The molecule has 0 bridgehead atoms. The lowest BCUT2D eigenvalue weighted by Gasteiger charge is -2.35. The second-order valence-corrected chi connectivity index (χ2v) is 9.48. The van der Waals surface area contributed by atoms with Crippen LogP contribution in [0.5, 0.6) is 5.75 Å². The number of halogens is 2. The summed E-state index contributed by atoms with van der Waals surface area (Å²) in [6, 6.07) is 17.7. The van der Waals surface area contributed by atoms with Gasteiger partial charge in [0.2, 0.25) is 5.91 Å². The first-order valence-electron chi connectivity index (χ1n) is 12.1. The quantitative estimate of drug-likeness (QED) is 0.340. The van der Waals surface area contributed by atoms with Gasteiger partial charge in [-0.05, 0) is 35.9 Å². The molecule has 2 heterocycles. The fourth-order valence-corrected chi connectivity index (χ4v) is 5.13. The van der Waals surface area contributed by atoms with Gasteiger partial charge in [-0.3, -0.25) is 4.79 Å². The second-order valence-electron chi connectivity index (χ2n) is 9.07. The molecule has 4 aromatic rings. The average molecular weight is 517 g/mol. The predicted molar refractivity (Wildman–Crippen MR) is 145 cm³/mol. The number of hydrogen-bond acceptors (Lipinski definition) is 5. The van der Waals surface area contributed by atoms with Crippen LogP contribution in [0.25, 0.3) is 21.9 Å². The van der Waals surface area contributed by atoms with E-state index in [9.17, 15) is 14.3 Å². The van der Waals surface area contributed by atoms with E-state index in [-0.39, 0.29) is 23.1 Å². The molecule has 1 N–H and O–H groups in total. The summed E-state index contributed by atoms with van der Waals surface area (Å²) in [5, 5.41) is 21.6. The number of piperazine rings is 1. The summed E-state index contributed by atoms with van der Waals surface area (Å²) in [5.74, 6) is -0.306. The van der Waals surface area contributed by atoms with Crippen LogP contribution >= 0.6 is 11.6 Å². The van der Waals surface area contributed by atoms with E-state index in [1.807, 2.05) is 37.3 Å². The maximum atomic E-state index is 14.8.